The minimum Gasteiger partial charge on any atom is -0.495 e. The van der Waals surface area contributed by atoms with Gasteiger partial charge in [0.2, 0.25) is 15.9 Å². The topological polar surface area (TPSA) is 97.8 Å². The van der Waals surface area contributed by atoms with E-state index in [1.165, 1.54) is 28.8 Å². The zero-order chi connectivity index (χ0) is 22.0. The van der Waals surface area contributed by atoms with Crippen molar-refractivity contribution in [3.63, 3.8) is 0 Å². The monoisotopic (exact) mass is 481 g/mol. The number of thiazole rings is 1. The maximum atomic E-state index is 13.1. The lowest BCUT2D eigenvalue weighted by Crippen LogP contribution is -2.40. The molecular formula is C20H20ClN3O5S2. The lowest BCUT2D eigenvalue weighted by molar-refractivity contribution is -0.115. The number of carbonyl (C=O) groups is 1. The number of morpholine rings is 1. The lowest BCUT2D eigenvalue weighted by Gasteiger charge is -2.26. The number of amides is 1. The normalized spacial score (nSPS) is 15.2. The smallest absolute Gasteiger partial charge is 0.246 e. The van der Waals surface area contributed by atoms with Gasteiger partial charge >= 0.3 is 0 Å². The Morgan fingerprint density at radius 3 is 2.77 bits per heavy atom. The number of hydrogen-bond donors (Lipinski definition) is 1. The molecule has 0 atom stereocenters. The molecule has 11 heteroatoms. The first-order valence-electron chi connectivity index (χ1n) is 9.47. The van der Waals surface area contributed by atoms with Gasteiger partial charge in [-0.1, -0.05) is 29.0 Å². The fourth-order valence-corrected chi connectivity index (χ4v) is 6.03. The highest BCUT2D eigenvalue weighted by molar-refractivity contribution is 7.89. The van der Waals surface area contributed by atoms with Crippen LogP contribution in [0.25, 0.3) is 10.2 Å². The summed E-state index contributed by atoms with van der Waals surface area (Å²) in [5.41, 5.74) is 1.29. The summed E-state index contributed by atoms with van der Waals surface area (Å²) in [6, 6.07) is 10.0. The largest absolute Gasteiger partial charge is 0.495 e. The average Bonchev–Trinajstić information content (AvgIpc) is 3.15. The number of benzene rings is 2. The number of methoxy groups -OCH3 is 1. The van der Waals surface area contributed by atoms with Crippen molar-refractivity contribution in [1.29, 1.82) is 0 Å². The number of rotatable bonds is 6. The van der Waals surface area contributed by atoms with E-state index in [-0.39, 0.29) is 36.1 Å². The van der Waals surface area contributed by atoms with Gasteiger partial charge in [-0.3, -0.25) is 4.79 Å². The quantitative estimate of drug-likeness (QED) is 0.580. The molecule has 8 nitrogen and oxygen atoms in total. The van der Waals surface area contributed by atoms with E-state index in [9.17, 15) is 13.2 Å². The van der Waals surface area contributed by atoms with Gasteiger partial charge in [-0.05, 0) is 35.9 Å². The van der Waals surface area contributed by atoms with E-state index in [0.717, 1.165) is 10.2 Å². The highest BCUT2D eigenvalue weighted by atomic mass is 35.5. The van der Waals surface area contributed by atoms with Crippen molar-refractivity contribution >= 4 is 54.2 Å². The van der Waals surface area contributed by atoms with Crippen LogP contribution in [0.5, 0.6) is 5.75 Å². The predicted octanol–water partition coefficient (Wildman–Crippen LogP) is 3.16. The van der Waals surface area contributed by atoms with Crippen LogP contribution in [0.2, 0.25) is 5.02 Å². The summed E-state index contributed by atoms with van der Waals surface area (Å²) in [6.45, 7) is 1.24. The van der Waals surface area contributed by atoms with Crippen LogP contribution < -0.4 is 10.1 Å². The maximum Gasteiger partial charge on any atom is 0.246 e. The molecule has 2 aromatic carbocycles. The van der Waals surface area contributed by atoms with E-state index < -0.39 is 10.0 Å². The molecule has 0 saturated carbocycles. The van der Waals surface area contributed by atoms with Crippen molar-refractivity contribution < 1.29 is 22.7 Å². The number of fused-ring (bicyclic) bond motifs is 1. The Bertz CT molecular complexity index is 1220. The SMILES string of the molecule is COc1ccc(CC(=O)Nc2nc3ccc(Cl)cc3s2)cc1S(=O)(=O)N1CCOCC1. The molecule has 2 heterocycles. The molecule has 1 aliphatic heterocycles. The zero-order valence-corrected chi connectivity index (χ0v) is 19.0. The van der Waals surface area contributed by atoms with Crippen LogP contribution in [-0.2, 0) is 26.0 Å². The fourth-order valence-electron chi connectivity index (χ4n) is 3.26. The van der Waals surface area contributed by atoms with E-state index in [1.54, 1.807) is 30.3 Å². The van der Waals surface area contributed by atoms with E-state index >= 15 is 0 Å². The third-order valence-electron chi connectivity index (χ3n) is 4.78. The molecule has 1 aliphatic rings. The molecule has 3 aromatic rings. The van der Waals surface area contributed by atoms with Crippen molar-refractivity contribution in [3.05, 3.63) is 47.0 Å². The Labute approximate surface area is 188 Å². The molecule has 164 valence electrons. The number of ether oxygens (including phenoxy) is 2. The van der Waals surface area contributed by atoms with Gasteiger partial charge in [0.25, 0.3) is 0 Å². The minimum atomic E-state index is -3.77. The van der Waals surface area contributed by atoms with Gasteiger partial charge < -0.3 is 14.8 Å². The van der Waals surface area contributed by atoms with Crippen LogP contribution in [0.3, 0.4) is 0 Å². The molecule has 1 amide bonds. The van der Waals surface area contributed by atoms with Crippen LogP contribution in [0.1, 0.15) is 5.56 Å². The minimum absolute atomic E-state index is 0.00763. The average molecular weight is 482 g/mol. The van der Waals surface area contributed by atoms with Crippen LogP contribution in [0.4, 0.5) is 5.13 Å². The van der Waals surface area contributed by atoms with E-state index in [0.29, 0.717) is 28.9 Å². The molecule has 0 spiro atoms. The molecule has 1 saturated heterocycles. The number of anilines is 1. The molecule has 1 fully saturated rings. The molecule has 4 rings (SSSR count). The molecule has 0 aliphatic carbocycles. The number of sulfonamides is 1. The van der Waals surface area contributed by atoms with Crippen molar-refractivity contribution in [2.75, 3.05) is 38.7 Å². The summed E-state index contributed by atoms with van der Waals surface area (Å²) < 4.78 is 38.9. The van der Waals surface area contributed by atoms with Gasteiger partial charge in [0.1, 0.15) is 10.6 Å². The Morgan fingerprint density at radius 2 is 2.03 bits per heavy atom. The van der Waals surface area contributed by atoms with Gasteiger partial charge in [-0.15, -0.1) is 0 Å². The molecule has 1 N–H and O–H groups in total. The second-order valence-corrected chi connectivity index (χ2v) is 10.2. The fraction of sp³-hybridized carbons (Fsp3) is 0.300. The van der Waals surface area contributed by atoms with Crippen LogP contribution >= 0.6 is 22.9 Å². The van der Waals surface area contributed by atoms with Crippen molar-refractivity contribution in [2.24, 2.45) is 0 Å². The summed E-state index contributed by atoms with van der Waals surface area (Å²) in [5.74, 6) is -0.0660. The van der Waals surface area contributed by atoms with Crippen molar-refractivity contribution in [2.45, 2.75) is 11.3 Å². The molecule has 31 heavy (non-hydrogen) atoms. The van der Waals surface area contributed by atoms with Gasteiger partial charge in [0.15, 0.2) is 5.13 Å². The number of halogens is 1. The van der Waals surface area contributed by atoms with Gasteiger partial charge in [-0.2, -0.15) is 4.31 Å². The predicted molar refractivity (Wildman–Crippen MR) is 120 cm³/mol. The highest BCUT2D eigenvalue weighted by Gasteiger charge is 2.29. The van der Waals surface area contributed by atoms with Crippen LogP contribution in [-0.4, -0.2) is 57.0 Å². The van der Waals surface area contributed by atoms with E-state index in [4.69, 9.17) is 21.1 Å². The summed E-state index contributed by atoms with van der Waals surface area (Å²) in [5, 5.41) is 3.82. The molecule has 0 bridgehead atoms. The number of hydrogen-bond acceptors (Lipinski definition) is 7. The van der Waals surface area contributed by atoms with E-state index in [2.05, 4.69) is 10.3 Å². The maximum absolute atomic E-state index is 13.1. The number of aromatic nitrogens is 1. The zero-order valence-electron chi connectivity index (χ0n) is 16.6. The Hall–Kier alpha value is -2.24. The summed E-state index contributed by atoms with van der Waals surface area (Å²) >= 11 is 7.32. The second-order valence-electron chi connectivity index (χ2n) is 6.86. The first-order valence-corrected chi connectivity index (χ1v) is 12.1. The lowest BCUT2D eigenvalue weighted by atomic mass is 10.1. The number of nitrogens with zero attached hydrogens (tertiary/aromatic N) is 2. The second kappa shape index (κ2) is 9.09. The third kappa shape index (κ3) is 4.83. The Morgan fingerprint density at radius 1 is 1.26 bits per heavy atom. The van der Waals surface area contributed by atoms with Crippen molar-refractivity contribution in [3.8, 4) is 5.75 Å². The Kier molecular flexibility index (Phi) is 6.44. The number of nitrogens with one attached hydrogen (secondary N) is 1. The first-order chi connectivity index (χ1) is 14.9. The van der Waals surface area contributed by atoms with E-state index in [1.807, 2.05) is 0 Å². The summed E-state index contributed by atoms with van der Waals surface area (Å²) in [7, 11) is -2.35. The standard InChI is InChI=1S/C20H20ClN3O5S2/c1-28-16-5-2-13(10-18(16)31(26,27)24-6-8-29-9-7-24)11-19(25)23-20-22-15-4-3-14(21)12-17(15)30-20/h2-5,10,12H,6-9,11H2,1H3,(H,22,23,25). The third-order valence-corrected chi connectivity index (χ3v) is 7.87. The highest BCUT2D eigenvalue weighted by Crippen LogP contribution is 2.30. The van der Waals surface area contributed by atoms with Crippen LogP contribution in [0, 0.1) is 0 Å². The Balaban J connectivity index is 1.53. The molecule has 1 aromatic heterocycles. The molecular weight excluding hydrogens is 462 g/mol. The van der Waals surface area contributed by atoms with Gasteiger partial charge in [-0.25, -0.2) is 13.4 Å². The van der Waals surface area contributed by atoms with Gasteiger partial charge in [0.05, 0.1) is 37.0 Å². The first kappa shape index (κ1) is 22.0. The number of carbonyl (C=O) groups excluding carboxylic acids is 1. The summed E-state index contributed by atoms with van der Waals surface area (Å²) in [6.07, 6.45) is -0.00763. The summed E-state index contributed by atoms with van der Waals surface area (Å²) in [4.78, 5) is 17.0. The molecule has 0 radical (unpaired) electrons. The van der Waals surface area contributed by atoms with Gasteiger partial charge in [0, 0.05) is 18.1 Å². The molecule has 0 unspecified atom stereocenters. The van der Waals surface area contributed by atoms with Crippen LogP contribution in [0.15, 0.2) is 41.3 Å². The van der Waals surface area contributed by atoms with Crippen molar-refractivity contribution in [1.82, 2.24) is 9.29 Å².